The Hall–Kier alpha value is -4.02. The summed E-state index contributed by atoms with van der Waals surface area (Å²) in [5.41, 5.74) is 0.778. The zero-order valence-electron chi connectivity index (χ0n) is 15.5. The molecular weight excluding hydrogens is 380 g/mol. The van der Waals surface area contributed by atoms with Gasteiger partial charge in [0.05, 0.1) is 42.4 Å². The second kappa shape index (κ2) is 8.78. The Morgan fingerprint density at radius 3 is 2.66 bits per heavy atom. The van der Waals surface area contributed by atoms with E-state index in [0.717, 1.165) is 0 Å². The second-order valence-corrected chi connectivity index (χ2v) is 5.87. The molecule has 0 spiro atoms. The third kappa shape index (κ3) is 4.64. The molecule has 2 aromatic heterocycles. The van der Waals surface area contributed by atoms with E-state index in [1.165, 1.54) is 27.8 Å². The van der Waals surface area contributed by atoms with Crippen molar-refractivity contribution in [1.82, 2.24) is 19.6 Å². The van der Waals surface area contributed by atoms with Crippen LogP contribution >= 0.6 is 0 Å². The second-order valence-electron chi connectivity index (χ2n) is 5.87. The predicted molar refractivity (Wildman–Crippen MR) is 102 cm³/mol. The number of carbonyl (C=O) groups excluding carboxylic acids is 2. The molecular formula is C18H18N6O5. The number of aromatic nitrogens is 4. The van der Waals surface area contributed by atoms with E-state index >= 15 is 0 Å². The van der Waals surface area contributed by atoms with E-state index in [2.05, 4.69) is 15.5 Å². The van der Waals surface area contributed by atoms with Gasteiger partial charge in [0.2, 0.25) is 5.91 Å². The van der Waals surface area contributed by atoms with Crippen molar-refractivity contribution in [1.29, 1.82) is 0 Å². The van der Waals surface area contributed by atoms with E-state index in [-0.39, 0.29) is 36.8 Å². The fourth-order valence-corrected chi connectivity index (χ4v) is 2.58. The van der Waals surface area contributed by atoms with Crippen LogP contribution in [0.25, 0.3) is 5.69 Å². The van der Waals surface area contributed by atoms with E-state index in [1.54, 1.807) is 31.2 Å². The SMILES string of the molecule is CCOC(=O)c1cnn(-c2ccccc2)c1NC(=O)CCn1ccc([N+](=O)[O-])n1. The van der Waals surface area contributed by atoms with Gasteiger partial charge in [-0.25, -0.2) is 9.48 Å². The number of hydrogen-bond donors (Lipinski definition) is 1. The van der Waals surface area contributed by atoms with Crippen molar-refractivity contribution in [2.24, 2.45) is 0 Å². The number of esters is 1. The minimum absolute atomic E-state index is 0.0128. The normalized spacial score (nSPS) is 10.5. The van der Waals surface area contributed by atoms with Crippen LogP contribution in [0.1, 0.15) is 23.7 Å². The number of hydrogen-bond acceptors (Lipinski definition) is 7. The third-order valence-electron chi connectivity index (χ3n) is 3.90. The first-order valence-corrected chi connectivity index (χ1v) is 8.78. The summed E-state index contributed by atoms with van der Waals surface area (Å²) in [5, 5.41) is 21.3. The summed E-state index contributed by atoms with van der Waals surface area (Å²) >= 11 is 0. The third-order valence-corrected chi connectivity index (χ3v) is 3.90. The minimum Gasteiger partial charge on any atom is -0.462 e. The Balaban J connectivity index is 1.78. The molecule has 0 radical (unpaired) electrons. The van der Waals surface area contributed by atoms with Crippen LogP contribution in [0.5, 0.6) is 0 Å². The summed E-state index contributed by atoms with van der Waals surface area (Å²) in [6.45, 7) is 2.00. The lowest BCUT2D eigenvalue weighted by Gasteiger charge is -2.11. The molecule has 150 valence electrons. The Labute approximate surface area is 165 Å². The number of amides is 1. The minimum atomic E-state index is -0.611. The lowest BCUT2D eigenvalue weighted by atomic mass is 10.3. The molecule has 1 aromatic carbocycles. The number of rotatable bonds is 8. The molecule has 0 fully saturated rings. The molecule has 0 aliphatic heterocycles. The van der Waals surface area contributed by atoms with E-state index in [4.69, 9.17) is 4.74 Å². The molecule has 2 heterocycles. The summed E-state index contributed by atoms with van der Waals surface area (Å²) in [6, 6.07) is 10.2. The maximum atomic E-state index is 12.5. The zero-order valence-corrected chi connectivity index (χ0v) is 15.5. The molecule has 1 amide bonds. The highest BCUT2D eigenvalue weighted by Crippen LogP contribution is 2.21. The molecule has 1 N–H and O–H groups in total. The smallest absolute Gasteiger partial charge is 0.389 e. The van der Waals surface area contributed by atoms with Gasteiger partial charge in [-0.2, -0.15) is 9.78 Å². The Morgan fingerprint density at radius 2 is 2.00 bits per heavy atom. The number of benzene rings is 1. The average Bonchev–Trinajstić information content (AvgIpc) is 3.35. The molecule has 0 saturated heterocycles. The highest BCUT2D eigenvalue weighted by Gasteiger charge is 2.21. The molecule has 11 nitrogen and oxygen atoms in total. The highest BCUT2D eigenvalue weighted by atomic mass is 16.6. The van der Waals surface area contributed by atoms with Gasteiger partial charge in [0.25, 0.3) is 0 Å². The lowest BCUT2D eigenvalue weighted by Crippen LogP contribution is -2.19. The summed E-state index contributed by atoms with van der Waals surface area (Å²) in [4.78, 5) is 34.8. The fraction of sp³-hybridized carbons (Fsp3) is 0.222. The van der Waals surface area contributed by atoms with Crippen LogP contribution in [0.2, 0.25) is 0 Å². The van der Waals surface area contributed by atoms with Gasteiger partial charge in [-0.1, -0.05) is 18.2 Å². The van der Waals surface area contributed by atoms with Gasteiger partial charge in [-0.05, 0) is 24.0 Å². The van der Waals surface area contributed by atoms with E-state index < -0.39 is 16.8 Å². The van der Waals surface area contributed by atoms with Crippen LogP contribution in [0.15, 0.2) is 48.8 Å². The van der Waals surface area contributed by atoms with Gasteiger partial charge in [-0.15, -0.1) is 0 Å². The van der Waals surface area contributed by atoms with Crippen LogP contribution in [0.3, 0.4) is 0 Å². The molecule has 3 aromatic rings. The number of nitrogens with one attached hydrogen (secondary N) is 1. The van der Waals surface area contributed by atoms with Crippen LogP contribution < -0.4 is 5.32 Å². The Morgan fingerprint density at radius 1 is 1.24 bits per heavy atom. The van der Waals surface area contributed by atoms with Crippen LogP contribution in [0.4, 0.5) is 11.6 Å². The predicted octanol–water partition coefficient (Wildman–Crippen LogP) is 2.18. The van der Waals surface area contributed by atoms with Crippen LogP contribution in [0, 0.1) is 10.1 Å². The van der Waals surface area contributed by atoms with Crippen LogP contribution in [-0.4, -0.2) is 43.0 Å². The average molecular weight is 398 g/mol. The maximum absolute atomic E-state index is 12.5. The summed E-state index contributed by atoms with van der Waals surface area (Å²) in [7, 11) is 0. The first-order valence-electron chi connectivity index (χ1n) is 8.78. The Bertz CT molecular complexity index is 1030. The molecule has 0 bridgehead atoms. The maximum Gasteiger partial charge on any atom is 0.389 e. The summed E-state index contributed by atoms with van der Waals surface area (Å²) in [5.74, 6) is -1.12. The number of carbonyl (C=O) groups is 2. The highest BCUT2D eigenvalue weighted by molar-refractivity contribution is 6.00. The molecule has 0 unspecified atom stereocenters. The van der Waals surface area contributed by atoms with E-state index in [1.807, 2.05) is 6.07 Å². The number of para-hydroxylation sites is 1. The van der Waals surface area contributed by atoms with E-state index in [9.17, 15) is 19.7 Å². The topological polar surface area (TPSA) is 134 Å². The van der Waals surface area contributed by atoms with Crippen molar-refractivity contribution in [2.75, 3.05) is 11.9 Å². The number of nitro groups is 1. The van der Waals surface area contributed by atoms with Gasteiger partial charge < -0.3 is 20.2 Å². The van der Waals surface area contributed by atoms with Crippen LogP contribution in [-0.2, 0) is 16.1 Å². The van der Waals surface area contributed by atoms with Crippen molar-refractivity contribution < 1.29 is 19.2 Å². The molecule has 3 rings (SSSR count). The number of anilines is 1. The number of aryl methyl sites for hydroxylation is 1. The van der Waals surface area contributed by atoms with Crippen molar-refractivity contribution in [2.45, 2.75) is 19.9 Å². The molecule has 29 heavy (non-hydrogen) atoms. The molecule has 0 aliphatic rings. The molecule has 0 atom stereocenters. The quantitative estimate of drug-likeness (QED) is 0.349. The van der Waals surface area contributed by atoms with E-state index in [0.29, 0.717) is 5.69 Å². The van der Waals surface area contributed by atoms with Gasteiger partial charge in [0.1, 0.15) is 5.56 Å². The van der Waals surface area contributed by atoms with Gasteiger partial charge in [-0.3, -0.25) is 4.79 Å². The lowest BCUT2D eigenvalue weighted by molar-refractivity contribution is -0.389. The monoisotopic (exact) mass is 398 g/mol. The van der Waals surface area contributed by atoms with Gasteiger partial charge in [0.15, 0.2) is 5.82 Å². The molecule has 0 aliphatic carbocycles. The van der Waals surface area contributed by atoms with Crippen molar-refractivity contribution in [3.8, 4) is 5.69 Å². The standard InChI is InChI=1S/C18H18N6O5/c1-2-29-18(26)14-12-19-23(13-6-4-3-5-7-13)17(14)20-16(25)9-11-22-10-8-15(21-22)24(27)28/h3-8,10,12H,2,9,11H2,1H3,(H,20,25). The summed E-state index contributed by atoms with van der Waals surface area (Å²) in [6.07, 6.45) is 2.74. The first-order chi connectivity index (χ1) is 14.0. The molecule has 11 heteroatoms. The Kier molecular flexibility index (Phi) is 5.97. The largest absolute Gasteiger partial charge is 0.462 e. The van der Waals surface area contributed by atoms with Crippen molar-refractivity contribution in [3.05, 3.63) is 64.5 Å². The zero-order chi connectivity index (χ0) is 20.8. The summed E-state index contributed by atoms with van der Waals surface area (Å²) < 4.78 is 7.77. The van der Waals surface area contributed by atoms with Gasteiger partial charge in [0, 0.05) is 6.42 Å². The van der Waals surface area contributed by atoms with Crippen molar-refractivity contribution in [3.63, 3.8) is 0 Å². The first kappa shape index (κ1) is 19.7. The van der Waals surface area contributed by atoms with Gasteiger partial charge >= 0.3 is 11.8 Å². The number of nitrogens with zero attached hydrogens (tertiary/aromatic N) is 5. The van der Waals surface area contributed by atoms with Crippen molar-refractivity contribution >= 4 is 23.5 Å². The molecule has 0 saturated carbocycles. The fourth-order valence-electron chi connectivity index (χ4n) is 2.58. The number of ether oxygens (including phenoxy) is 1.